The lowest BCUT2D eigenvalue weighted by Gasteiger charge is -1.98. The molecular weight excluding hydrogens is 337 g/mol. The van der Waals surface area contributed by atoms with E-state index in [4.69, 9.17) is 5.11 Å². The molecule has 0 bridgehead atoms. The first-order chi connectivity index (χ1) is 5.58. The molecule has 12 heavy (non-hydrogen) atoms. The minimum atomic E-state index is -0.864. The van der Waals surface area contributed by atoms with E-state index in [0.29, 0.717) is 5.69 Å². The Morgan fingerprint density at radius 1 is 1.67 bits per heavy atom. The molecule has 0 aliphatic heterocycles. The molecule has 0 aliphatic carbocycles. The van der Waals surface area contributed by atoms with E-state index in [9.17, 15) is 4.79 Å². The number of aliphatic carboxylic acids is 1. The molecule has 0 fully saturated rings. The van der Waals surface area contributed by atoms with Crippen molar-refractivity contribution in [3.63, 3.8) is 0 Å². The third kappa shape index (κ3) is 3.06. The lowest BCUT2D eigenvalue weighted by atomic mass is 10.3. The van der Waals surface area contributed by atoms with Gasteiger partial charge in [0.2, 0.25) is 0 Å². The van der Waals surface area contributed by atoms with Crippen molar-refractivity contribution >= 4 is 44.5 Å². The zero-order chi connectivity index (χ0) is 9.14. The highest BCUT2D eigenvalue weighted by Gasteiger charge is 2.03. The van der Waals surface area contributed by atoms with Gasteiger partial charge in [-0.05, 0) is 34.7 Å². The fourth-order valence-corrected chi connectivity index (χ4v) is 2.32. The molecule has 1 aromatic heterocycles. The molecule has 0 spiro atoms. The van der Waals surface area contributed by atoms with Gasteiger partial charge in [0.15, 0.2) is 0 Å². The number of carboxylic acids is 1. The molecule has 1 heterocycles. The molecule has 64 valence electrons. The summed E-state index contributed by atoms with van der Waals surface area (Å²) in [6, 6.07) is 3.53. The van der Waals surface area contributed by atoms with Crippen LogP contribution >= 0.6 is 38.5 Å². The van der Waals surface area contributed by atoms with E-state index in [0.717, 1.165) is 8.17 Å². The van der Waals surface area contributed by atoms with E-state index >= 15 is 0 Å². The van der Waals surface area contributed by atoms with Crippen LogP contribution in [0.15, 0.2) is 16.6 Å². The summed E-state index contributed by atoms with van der Waals surface area (Å²) in [5, 5.41) is 8.49. The maximum Gasteiger partial charge on any atom is 0.309 e. The summed E-state index contributed by atoms with van der Waals surface area (Å²) in [5.41, 5.74) is 0.571. The minimum Gasteiger partial charge on any atom is -0.481 e. The number of carbonyl (C=O) groups is 1. The first-order valence-corrected chi connectivity index (χ1v) is 4.99. The number of pyridine rings is 1. The SMILES string of the molecule is O=C(O)Cc1cc(Br)cc(I)n1. The van der Waals surface area contributed by atoms with Gasteiger partial charge in [-0.3, -0.25) is 4.79 Å². The summed E-state index contributed by atoms with van der Waals surface area (Å²) in [5.74, 6) is -0.864. The van der Waals surface area contributed by atoms with Gasteiger partial charge in [0.05, 0.1) is 12.1 Å². The van der Waals surface area contributed by atoms with Crippen molar-refractivity contribution in [2.45, 2.75) is 6.42 Å². The lowest BCUT2D eigenvalue weighted by Crippen LogP contribution is -2.02. The third-order valence-corrected chi connectivity index (χ3v) is 2.15. The van der Waals surface area contributed by atoms with Crippen LogP contribution in [0.2, 0.25) is 0 Å². The topological polar surface area (TPSA) is 50.2 Å². The number of hydrogen-bond donors (Lipinski definition) is 1. The Bertz CT molecular complexity index is 296. The monoisotopic (exact) mass is 341 g/mol. The standard InChI is InChI=1S/C7H5BrINO2/c8-4-1-5(3-7(11)12)10-6(9)2-4/h1-2H,3H2,(H,11,12). The molecule has 0 saturated heterocycles. The molecule has 0 amide bonds. The van der Waals surface area contributed by atoms with Crippen LogP contribution in [-0.2, 0) is 11.2 Å². The molecule has 1 rings (SSSR count). The van der Waals surface area contributed by atoms with Gasteiger partial charge in [0.1, 0.15) is 3.70 Å². The molecule has 0 atom stereocenters. The van der Waals surface area contributed by atoms with E-state index in [2.05, 4.69) is 20.9 Å². The van der Waals surface area contributed by atoms with Gasteiger partial charge >= 0.3 is 5.97 Å². The molecule has 0 aliphatic rings. The molecule has 3 nitrogen and oxygen atoms in total. The average Bonchev–Trinajstić information content (AvgIpc) is 1.81. The van der Waals surface area contributed by atoms with E-state index in [1.54, 1.807) is 6.07 Å². The van der Waals surface area contributed by atoms with E-state index in [-0.39, 0.29) is 6.42 Å². The molecule has 0 saturated carbocycles. The predicted octanol–water partition coefficient (Wildman–Crippen LogP) is 2.08. The molecule has 0 aromatic carbocycles. The molecule has 1 N–H and O–H groups in total. The Kier molecular flexibility index (Phi) is 3.45. The zero-order valence-corrected chi connectivity index (χ0v) is 9.66. The first kappa shape index (κ1) is 9.91. The van der Waals surface area contributed by atoms with Gasteiger partial charge in [0.25, 0.3) is 0 Å². The highest BCUT2D eigenvalue weighted by molar-refractivity contribution is 14.1. The van der Waals surface area contributed by atoms with Crippen LogP contribution in [0.5, 0.6) is 0 Å². The second kappa shape index (κ2) is 4.18. The number of nitrogens with zero attached hydrogens (tertiary/aromatic N) is 1. The van der Waals surface area contributed by atoms with Crippen LogP contribution < -0.4 is 0 Å². The third-order valence-electron chi connectivity index (χ3n) is 1.14. The predicted molar refractivity (Wildman–Crippen MR) is 56.0 cm³/mol. The van der Waals surface area contributed by atoms with Crippen molar-refractivity contribution < 1.29 is 9.90 Å². The molecule has 0 unspecified atom stereocenters. The quantitative estimate of drug-likeness (QED) is 0.662. The summed E-state index contributed by atoms with van der Waals surface area (Å²) in [6.45, 7) is 0. The van der Waals surface area contributed by atoms with Gasteiger partial charge in [-0.25, -0.2) is 4.98 Å². The fraction of sp³-hybridized carbons (Fsp3) is 0.143. The smallest absolute Gasteiger partial charge is 0.309 e. The summed E-state index contributed by atoms with van der Waals surface area (Å²) >= 11 is 5.31. The van der Waals surface area contributed by atoms with Gasteiger partial charge < -0.3 is 5.11 Å². The Morgan fingerprint density at radius 2 is 2.33 bits per heavy atom. The van der Waals surface area contributed by atoms with Crippen LogP contribution in [0, 0.1) is 3.70 Å². The van der Waals surface area contributed by atoms with Gasteiger partial charge in [-0.15, -0.1) is 0 Å². The number of carboxylic acid groups (broad SMARTS) is 1. The minimum absolute atomic E-state index is 0.0323. The Hall–Kier alpha value is -0.170. The van der Waals surface area contributed by atoms with Crippen molar-refractivity contribution in [3.05, 3.63) is 26.0 Å². The molecule has 1 aromatic rings. The summed E-state index contributed by atoms with van der Waals surface area (Å²) in [7, 11) is 0. The highest BCUT2D eigenvalue weighted by atomic mass is 127. The van der Waals surface area contributed by atoms with E-state index in [1.165, 1.54) is 0 Å². The van der Waals surface area contributed by atoms with Crippen LogP contribution in [0.4, 0.5) is 0 Å². The average molecular weight is 342 g/mol. The van der Waals surface area contributed by atoms with Gasteiger partial charge in [-0.2, -0.15) is 0 Å². The molecule has 5 heteroatoms. The lowest BCUT2D eigenvalue weighted by molar-refractivity contribution is -0.136. The number of hydrogen-bond acceptors (Lipinski definition) is 2. The summed E-state index contributed by atoms with van der Waals surface area (Å²) in [6.07, 6.45) is -0.0323. The van der Waals surface area contributed by atoms with Gasteiger partial charge in [-0.1, -0.05) is 15.9 Å². The fourth-order valence-electron chi connectivity index (χ4n) is 0.762. The summed E-state index contributed by atoms with van der Waals surface area (Å²) in [4.78, 5) is 14.4. The Morgan fingerprint density at radius 3 is 2.83 bits per heavy atom. The molecule has 0 radical (unpaired) electrons. The number of rotatable bonds is 2. The normalized spacial score (nSPS) is 9.83. The highest BCUT2D eigenvalue weighted by Crippen LogP contribution is 2.14. The van der Waals surface area contributed by atoms with Crippen LogP contribution in [0.3, 0.4) is 0 Å². The zero-order valence-electron chi connectivity index (χ0n) is 5.92. The maximum absolute atomic E-state index is 10.3. The first-order valence-electron chi connectivity index (χ1n) is 3.11. The van der Waals surface area contributed by atoms with Crippen molar-refractivity contribution in [2.24, 2.45) is 0 Å². The van der Waals surface area contributed by atoms with Crippen molar-refractivity contribution in [2.75, 3.05) is 0 Å². The Labute approximate surface area is 91.5 Å². The number of halogens is 2. The van der Waals surface area contributed by atoms with E-state index < -0.39 is 5.97 Å². The van der Waals surface area contributed by atoms with Crippen LogP contribution in [-0.4, -0.2) is 16.1 Å². The Balaban J connectivity index is 2.93. The van der Waals surface area contributed by atoms with Crippen molar-refractivity contribution in [1.29, 1.82) is 0 Å². The van der Waals surface area contributed by atoms with Crippen LogP contribution in [0.1, 0.15) is 5.69 Å². The molecular formula is C7H5BrINO2. The second-order valence-electron chi connectivity index (χ2n) is 2.17. The summed E-state index contributed by atoms with van der Waals surface area (Å²) < 4.78 is 1.65. The van der Waals surface area contributed by atoms with Crippen molar-refractivity contribution in [1.82, 2.24) is 4.98 Å². The second-order valence-corrected chi connectivity index (χ2v) is 4.19. The van der Waals surface area contributed by atoms with Crippen molar-refractivity contribution in [3.8, 4) is 0 Å². The van der Waals surface area contributed by atoms with E-state index in [1.807, 2.05) is 28.7 Å². The largest absolute Gasteiger partial charge is 0.481 e. The van der Waals surface area contributed by atoms with Gasteiger partial charge in [0, 0.05) is 4.47 Å². The maximum atomic E-state index is 10.3. The number of aromatic nitrogens is 1. The van der Waals surface area contributed by atoms with Crippen LogP contribution in [0.25, 0.3) is 0 Å².